The Morgan fingerprint density at radius 2 is 2.19 bits per heavy atom. The molecular weight excluding hydrogens is 228 g/mol. The second-order valence-electron chi connectivity index (χ2n) is 3.14. The lowest BCUT2D eigenvalue weighted by atomic mass is 10.1. The van der Waals surface area contributed by atoms with Gasteiger partial charge in [0.25, 0.3) is 10.2 Å². The summed E-state index contributed by atoms with van der Waals surface area (Å²) < 4.78 is 26.7. The zero-order valence-corrected chi connectivity index (χ0v) is 9.64. The molecule has 0 aliphatic heterocycles. The number of hydrogen-bond acceptors (Lipinski definition) is 3. The molecule has 0 atom stereocenters. The lowest BCUT2D eigenvalue weighted by Gasteiger charge is -2.06. The second kappa shape index (κ2) is 5.06. The molecule has 0 radical (unpaired) electrons. The molecule has 0 amide bonds. The van der Waals surface area contributed by atoms with Crippen LogP contribution in [-0.4, -0.2) is 21.3 Å². The predicted molar refractivity (Wildman–Crippen MR) is 62.3 cm³/mol. The quantitative estimate of drug-likeness (QED) is 0.414. The van der Waals surface area contributed by atoms with Gasteiger partial charge in [-0.15, -0.1) is 0 Å². The molecule has 0 aliphatic carbocycles. The normalized spacial score (nSPS) is 11.3. The molecule has 1 aromatic carbocycles. The minimum Gasteiger partial charge on any atom is -0.384 e. The fourth-order valence-electron chi connectivity index (χ4n) is 1.10. The number of nitrogens with two attached hydrogens (primary N) is 1. The molecule has 16 heavy (non-hydrogen) atoms. The van der Waals surface area contributed by atoms with Crippen molar-refractivity contribution in [2.75, 3.05) is 7.05 Å². The zero-order valence-electron chi connectivity index (χ0n) is 8.82. The van der Waals surface area contributed by atoms with E-state index in [1.165, 1.54) is 7.05 Å². The van der Waals surface area contributed by atoms with Gasteiger partial charge in [-0.25, -0.2) is 4.72 Å². The number of hydrogen-bond donors (Lipinski definition) is 4. The van der Waals surface area contributed by atoms with Crippen LogP contribution in [0.25, 0.3) is 0 Å². The number of nitrogen functional groups attached to an aromatic ring is 1. The van der Waals surface area contributed by atoms with E-state index in [0.29, 0.717) is 5.56 Å². The van der Waals surface area contributed by atoms with E-state index in [0.717, 1.165) is 5.56 Å². The Bertz CT molecular complexity index is 484. The second-order valence-corrected chi connectivity index (χ2v) is 4.85. The van der Waals surface area contributed by atoms with Gasteiger partial charge in [0.15, 0.2) is 0 Å². The van der Waals surface area contributed by atoms with Crippen molar-refractivity contribution in [1.29, 1.82) is 5.41 Å². The standard InChI is InChI=1S/C9H14N4O2S/c1-12-16(14,15)13-6-7-3-2-4-8(5-7)9(10)11/h2-5,12-13H,6H2,1H3,(H3,10,11). The van der Waals surface area contributed by atoms with E-state index in [1.54, 1.807) is 24.3 Å². The average molecular weight is 242 g/mol. The van der Waals surface area contributed by atoms with Gasteiger partial charge in [0.2, 0.25) is 0 Å². The molecule has 0 aromatic heterocycles. The van der Waals surface area contributed by atoms with Gasteiger partial charge in [0, 0.05) is 19.2 Å². The summed E-state index contributed by atoms with van der Waals surface area (Å²) in [6.07, 6.45) is 0. The molecule has 0 saturated carbocycles. The molecule has 0 heterocycles. The van der Waals surface area contributed by atoms with E-state index in [4.69, 9.17) is 11.1 Å². The van der Waals surface area contributed by atoms with Crippen LogP contribution in [0.4, 0.5) is 0 Å². The third kappa shape index (κ3) is 3.61. The SMILES string of the molecule is CNS(=O)(=O)NCc1cccc(C(=N)N)c1. The maximum atomic E-state index is 11.1. The largest absolute Gasteiger partial charge is 0.384 e. The molecule has 0 aliphatic rings. The Morgan fingerprint density at radius 3 is 2.75 bits per heavy atom. The van der Waals surface area contributed by atoms with Crippen molar-refractivity contribution in [3.8, 4) is 0 Å². The Hall–Kier alpha value is -1.44. The topological polar surface area (TPSA) is 108 Å². The molecule has 6 nitrogen and oxygen atoms in total. The summed E-state index contributed by atoms with van der Waals surface area (Å²) >= 11 is 0. The molecule has 0 saturated heterocycles. The first-order valence-electron chi connectivity index (χ1n) is 4.56. The van der Waals surface area contributed by atoms with Crippen LogP contribution in [0.5, 0.6) is 0 Å². The monoisotopic (exact) mass is 242 g/mol. The highest BCUT2D eigenvalue weighted by atomic mass is 32.2. The molecule has 0 fully saturated rings. The van der Waals surface area contributed by atoms with Gasteiger partial charge in [0.05, 0.1) is 0 Å². The van der Waals surface area contributed by atoms with Crippen molar-refractivity contribution in [2.45, 2.75) is 6.54 Å². The van der Waals surface area contributed by atoms with Gasteiger partial charge >= 0.3 is 0 Å². The van der Waals surface area contributed by atoms with Gasteiger partial charge in [-0.1, -0.05) is 18.2 Å². The molecule has 5 N–H and O–H groups in total. The van der Waals surface area contributed by atoms with Crippen LogP contribution < -0.4 is 15.2 Å². The molecule has 7 heteroatoms. The smallest absolute Gasteiger partial charge is 0.276 e. The van der Waals surface area contributed by atoms with Crippen molar-refractivity contribution >= 4 is 16.0 Å². The number of amidine groups is 1. The van der Waals surface area contributed by atoms with E-state index in [-0.39, 0.29) is 12.4 Å². The maximum Gasteiger partial charge on any atom is 0.276 e. The first kappa shape index (κ1) is 12.6. The Morgan fingerprint density at radius 1 is 1.50 bits per heavy atom. The fourth-order valence-corrected chi connectivity index (χ4v) is 1.60. The lowest BCUT2D eigenvalue weighted by molar-refractivity contribution is 0.573. The number of benzene rings is 1. The molecule has 0 bridgehead atoms. The van der Waals surface area contributed by atoms with E-state index >= 15 is 0 Å². The predicted octanol–water partition coefficient (Wildman–Crippen LogP) is -0.476. The van der Waals surface area contributed by atoms with Gasteiger partial charge < -0.3 is 5.73 Å². The molecule has 0 spiro atoms. The van der Waals surface area contributed by atoms with Crippen LogP contribution in [0.2, 0.25) is 0 Å². The van der Waals surface area contributed by atoms with E-state index < -0.39 is 10.2 Å². The van der Waals surface area contributed by atoms with Crippen LogP contribution in [0.15, 0.2) is 24.3 Å². The summed E-state index contributed by atoms with van der Waals surface area (Å²) in [6.45, 7) is 0.157. The lowest BCUT2D eigenvalue weighted by Crippen LogP contribution is -2.33. The highest BCUT2D eigenvalue weighted by Crippen LogP contribution is 2.04. The fraction of sp³-hybridized carbons (Fsp3) is 0.222. The van der Waals surface area contributed by atoms with Crippen molar-refractivity contribution in [1.82, 2.24) is 9.44 Å². The maximum absolute atomic E-state index is 11.1. The van der Waals surface area contributed by atoms with Crippen LogP contribution >= 0.6 is 0 Å². The number of nitrogens with one attached hydrogen (secondary N) is 3. The summed E-state index contributed by atoms with van der Waals surface area (Å²) in [5.41, 5.74) is 6.64. The highest BCUT2D eigenvalue weighted by Gasteiger charge is 2.05. The van der Waals surface area contributed by atoms with Crippen molar-refractivity contribution in [3.63, 3.8) is 0 Å². The molecule has 0 unspecified atom stereocenters. The number of rotatable bonds is 5. The van der Waals surface area contributed by atoms with E-state index in [2.05, 4.69) is 9.44 Å². The summed E-state index contributed by atoms with van der Waals surface area (Å²) in [5.74, 6) is -0.0432. The first-order valence-corrected chi connectivity index (χ1v) is 6.04. The van der Waals surface area contributed by atoms with Crippen LogP contribution in [0.3, 0.4) is 0 Å². The highest BCUT2D eigenvalue weighted by molar-refractivity contribution is 7.87. The molecule has 1 aromatic rings. The van der Waals surface area contributed by atoms with Crippen LogP contribution in [0, 0.1) is 5.41 Å². The summed E-state index contributed by atoms with van der Waals surface area (Å²) in [4.78, 5) is 0. The van der Waals surface area contributed by atoms with Gasteiger partial charge in [0.1, 0.15) is 5.84 Å². The van der Waals surface area contributed by atoms with E-state index in [1.807, 2.05) is 0 Å². The van der Waals surface area contributed by atoms with Crippen LogP contribution in [0.1, 0.15) is 11.1 Å². The van der Waals surface area contributed by atoms with Gasteiger partial charge in [-0.2, -0.15) is 13.1 Å². The third-order valence-corrected chi connectivity index (χ3v) is 3.03. The molecule has 88 valence electrons. The minimum absolute atomic E-state index is 0.0432. The third-order valence-electron chi connectivity index (χ3n) is 1.97. The summed E-state index contributed by atoms with van der Waals surface area (Å²) in [7, 11) is -2.11. The Labute approximate surface area is 94.5 Å². The zero-order chi connectivity index (χ0) is 12.2. The van der Waals surface area contributed by atoms with Crippen molar-refractivity contribution < 1.29 is 8.42 Å². The molecule has 1 rings (SSSR count). The van der Waals surface area contributed by atoms with E-state index in [9.17, 15) is 8.42 Å². The summed E-state index contributed by atoms with van der Waals surface area (Å²) in [6, 6.07) is 6.84. The van der Waals surface area contributed by atoms with Gasteiger partial charge in [-0.05, 0) is 11.6 Å². The minimum atomic E-state index is -3.44. The van der Waals surface area contributed by atoms with Crippen molar-refractivity contribution in [2.24, 2.45) is 5.73 Å². The molecular formula is C9H14N4O2S. The summed E-state index contributed by atoms with van der Waals surface area (Å²) in [5, 5.41) is 7.25. The average Bonchev–Trinajstić information content (AvgIpc) is 2.27. The van der Waals surface area contributed by atoms with Gasteiger partial charge in [-0.3, -0.25) is 5.41 Å². The first-order chi connectivity index (χ1) is 7.44. The van der Waals surface area contributed by atoms with Crippen LogP contribution in [-0.2, 0) is 16.8 Å². The Balaban J connectivity index is 2.75. The Kier molecular flexibility index (Phi) is 3.99. The van der Waals surface area contributed by atoms with Crippen molar-refractivity contribution in [3.05, 3.63) is 35.4 Å².